The van der Waals surface area contributed by atoms with Crippen LogP contribution in [0.2, 0.25) is 0 Å². The molecule has 0 aliphatic carbocycles. The number of carbonyl (C=O) groups excluding carboxylic acids is 1. The van der Waals surface area contributed by atoms with Gasteiger partial charge in [-0.3, -0.25) is 0 Å². The predicted molar refractivity (Wildman–Crippen MR) is 75.7 cm³/mol. The van der Waals surface area contributed by atoms with E-state index in [1.807, 2.05) is 13.8 Å². The second-order valence-corrected chi connectivity index (χ2v) is 5.66. The van der Waals surface area contributed by atoms with Gasteiger partial charge in [0.05, 0.1) is 12.1 Å². The molecule has 20 heavy (non-hydrogen) atoms. The van der Waals surface area contributed by atoms with E-state index in [0.717, 1.165) is 25.7 Å². The molecule has 2 amide bonds. The minimum Gasteiger partial charge on any atom is -0.480 e. The molecule has 1 aliphatic heterocycles. The maximum absolute atomic E-state index is 12.2. The van der Waals surface area contributed by atoms with Crippen LogP contribution in [0.25, 0.3) is 0 Å². The quantitative estimate of drug-likeness (QED) is 0.781. The van der Waals surface area contributed by atoms with E-state index in [1.54, 1.807) is 12.0 Å². The van der Waals surface area contributed by atoms with Crippen LogP contribution < -0.4 is 5.32 Å². The highest BCUT2D eigenvalue weighted by molar-refractivity contribution is 5.82. The lowest BCUT2D eigenvalue weighted by atomic mass is 9.95. The summed E-state index contributed by atoms with van der Waals surface area (Å²) in [6.07, 6.45) is 3.93. The number of nitrogens with one attached hydrogen (secondary N) is 1. The standard InChI is InChI=1S/C14H26N2O4/c1-4-5-7-11(12(17)18)15-13(19)16-9-6-8-14(2,10-16)20-3/h11H,4-10H2,1-3H3,(H,15,19)(H,17,18)/t11-,14?/m0/s1. The van der Waals surface area contributed by atoms with Gasteiger partial charge in [-0.2, -0.15) is 0 Å². The van der Waals surface area contributed by atoms with E-state index in [2.05, 4.69) is 5.32 Å². The topological polar surface area (TPSA) is 78.9 Å². The smallest absolute Gasteiger partial charge is 0.326 e. The number of urea groups is 1. The highest BCUT2D eigenvalue weighted by Gasteiger charge is 2.34. The van der Waals surface area contributed by atoms with E-state index < -0.39 is 12.0 Å². The van der Waals surface area contributed by atoms with E-state index in [4.69, 9.17) is 9.84 Å². The van der Waals surface area contributed by atoms with Gasteiger partial charge in [0.2, 0.25) is 0 Å². The number of rotatable bonds is 6. The summed E-state index contributed by atoms with van der Waals surface area (Å²) in [5.41, 5.74) is -0.336. The Balaban J connectivity index is 2.57. The van der Waals surface area contributed by atoms with E-state index in [9.17, 15) is 9.59 Å². The van der Waals surface area contributed by atoms with E-state index in [1.165, 1.54) is 0 Å². The molecule has 0 aromatic carbocycles. The van der Waals surface area contributed by atoms with Crippen molar-refractivity contribution in [3.8, 4) is 0 Å². The Morgan fingerprint density at radius 3 is 2.75 bits per heavy atom. The summed E-state index contributed by atoms with van der Waals surface area (Å²) < 4.78 is 5.44. The van der Waals surface area contributed by atoms with E-state index >= 15 is 0 Å². The van der Waals surface area contributed by atoms with Gasteiger partial charge in [0.15, 0.2) is 0 Å². The van der Waals surface area contributed by atoms with Gasteiger partial charge in [0.25, 0.3) is 0 Å². The number of hydrogen-bond acceptors (Lipinski definition) is 3. The van der Waals surface area contributed by atoms with Gasteiger partial charge in [0.1, 0.15) is 6.04 Å². The molecule has 116 valence electrons. The molecular weight excluding hydrogens is 260 g/mol. The van der Waals surface area contributed by atoms with Crippen molar-refractivity contribution in [3.05, 3.63) is 0 Å². The highest BCUT2D eigenvalue weighted by Crippen LogP contribution is 2.23. The number of carboxylic acids is 1. The Bertz CT molecular complexity index is 348. The van der Waals surface area contributed by atoms with Gasteiger partial charge in [-0.25, -0.2) is 9.59 Å². The number of ether oxygens (including phenoxy) is 1. The summed E-state index contributed by atoms with van der Waals surface area (Å²) in [6.45, 7) is 5.11. The van der Waals surface area contributed by atoms with Gasteiger partial charge in [-0.1, -0.05) is 19.8 Å². The molecule has 1 saturated heterocycles. The SMILES string of the molecule is CCCC[C@H](NC(=O)N1CCCC(C)(OC)C1)C(=O)O. The predicted octanol–water partition coefficient (Wildman–Crippen LogP) is 1.84. The van der Waals surface area contributed by atoms with Gasteiger partial charge in [0, 0.05) is 13.7 Å². The first-order valence-corrected chi connectivity index (χ1v) is 7.25. The fraction of sp³-hybridized carbons (Fsp3) is 0.857. The summed E-state index contributed by atoms with van der Waals surface area (Å²) in [6, 6.07) is -1.12. The second-order valence-electron chi connectivity index (χ2n) is 5.66. The molecule has 6 nitrogen and oxygen atoms in total. The minimum absolute atomic E-state index is 0.309. The van der Waals surface area contributed by atoms with Gasteiger partial charge in [-0.15, -0.1) is 0 Å². The van der Waals surface area contributed by atoms with Crippen molar-refractivity contribution < 1.29 is 19.4 Å². The first kappa shape index (κ1) is 16.8. The molecule has 0 spiro atoms. The molecule has 2 atom stereocenters. The number of aliphatic carboxylic acids is 1. The van der Waals surface area contributed by atoms with Gasteiger partial charge >= 0.3 is 12.0 Å². The zero-order chi connectivity index (χ0) is 15.2. The van der Waals surface area contributed by atoms with Crippen molar-refractivity contribution in [1.29, 1.82) is 0 Å². The number of methoxy groups -OCH3 is 1. The average molecular weight is 286 g/mol. The Morgan fingerprint density at radius 2 is 2.20 bits per heavy atom. The number of piperidine rings is 1. The molecule has 1 rings (SSSR count). The summed E-state index contributed by atoms with van der Waals surface area (Å²) in [7, 11) is 1.64. The van der Waals surface area contributed by atoms with Gasteiger partial charge < -0.3 is 20.1 Å². The van der Waals surface area contributed by atoms with Gasteiger partial charge in [-0.05, 0) is 26.2 Å². The average Bonchev–Trinajstić information content (AvgIpc) is 2.43. The molecule has 0 aromatic heterocycles. The van der Waals surface area contributed by atoms with Crippen LogP contribution in [0.5, 0.6) is 0 Å². The zero-order valence-corrected chi connectivity index (χ0v) is 12.6. The fourth-order valence-corrected chi connectivity index (χ4v) is 2.45. The van der Waals surface area contributed by atoms with Crippen molar-refractivity contribution in [2.45, 2.75) is 57.6 Å². The molecule has 0 saturated carbocycles. The summed E-state index contributed by atoms with van der Waals surface area (Å²) in [5, 5.41) is 11.8. The highest BCUT2D eigenvalue weighted by atomic mass is 16.5. The first-order chi connectivity index (χ1) is 9.41. The number of nitrogens with zero attached hydrogens (tertiary/aromatic N) is 1. The van der Waals surface area contributed by atoms with Crippen LogP contribution in [-0.2, 0) is 9.53 Å². The summed E-state index contributed by atoms with van der Waals surface area (Å²) in [5.74, 6) is -0.974. The van der Waals surface area contributed by atoms with Crippen LogP contribution in [0.15, 0.2) is 0 Å². The van der Waals surface area contributed by atoms with Crippen LogP contribution in [0.1, 0.15) is 46.0 Å². The number of hydrogen-bond donors (Lipinski definition) is 2. The van der Waals surface area contributed by atoms with Crippen LogP contribution in [0.4, 0.5) is 4.79 Å². The lowest BCUT2D eigenvalue weighted by Gasteiger charge is -2.39. The Kier molecular flexibility index (Phi) is 6.26. The third kappa shape index (κ3) is 4.67. The number of likely N-dealkylation sites (tertiary alicyclic amines) is 1. The third-order valence-corrected chi connectivity index (χ3v) is 3.88. The van der Waals surface area contributed by atoms with Crippen molar-refractivity contribution in [1.82, 2.24) is 10.2 Å². The van der Waals surface area contributed by atoms with Crippen molar-refractivity contribution in [2.75, 3.05) is 20.2 Å². The third-order valence-electron chi connectivity index (χ3n) is 3.88. The Labute approximate surface area is 120 Å². The van der Waals surface area contributed by atoms with E-state index in [-0.39, 0.29) is 11.6 Å². The number of amides is 2. The molecule has 1 unspecified atom stereocenters. The molecular formula is C14H26N2O4. The van der Waals surface area contributed by atoms with E-state index in [0.29, 0.717) is 19.5 Å². The second kappa shape index (κ2) is 7.47. The molecule has 2 N–H and O–H groups in total. The lowest BCUT2D eigenvalue weighted by molar-refractivity contribution is -0.139. The summed E-state index contributed by atoms with van der Waals surface area (Å²) in [4.78, 5) is 25.0. The maximum Gasteiger partial charge on any atom is 0.326 e. The molecule has 6 heteroatoms. The Hall–Kier alpha value is -1.30. The molecule has 0 aromatic rings. The minimum atomic E-state index is -0.974. The Morgan fingerprint density at radius 1 is 1.50 bits per heavy atom. The lowest BCUT2D eigenvalue weighted by Crippen LogP contribution is -2.55. The van der Waals surface area contributed by atoms with Crippen LogP contribution in [-0.4, -0.2) is 53.8 Å². The fourth-order valence-electron chi connectivity index (χ4n) is 2.45. The number of carboxylic acid groups (broad SMARTS) is 1. The molecule has 1 aliphatic rings. The van der Waals surface area contributed by atoms with Crippen LogP contribution in [0.3, 0.4) is 0 Å². The van der Waals surface area contributed by atoms with Crippen molar-refractivity contribution in [3.63, 3.8) is 0 Å². The molecule has 1 heterocycles. The number of unbranched alkanes of at least 4 members (excludes halogenated alkanes) is 1. The van der Waals surface area contributed by atoms with Crippen molar-refractivity contribution >= 4 is 12.0 Å². The monoisotopic (exact) mass is 286 g/mol. The summed E-state index contributed by atoms with van der Waals surface area (Å²) >= 11 is 0. The molecule has 1 fully saturated rings. The first-order valence-electron chi connectivity index (χ1n) is 7.25. The zero-order valence-electron chi connectivity index (χ0n) is 12.6. The number of carbonyl (C=O) groups is 2. The van der Waals surface area contributed by atoms with Crippen LogP contribution >= 0.6 is 0 Å². The largest absolute Gasteiger partial charge is 0.480 e. The van der Waals surface area contributed by atoms with Crippen LogP contribution in [0, 0.1) is 0 Å². The molecule has 0 bridgehead atoms. The van der Waals surface area contributed by atoms with Crippen molar-refractivity contribution in [2.24, 2.45) is 0 Å². The maximum atomic E-state index is 12.2. The normalized spacial score (nSPS) is 24.2. The molecule has 0 radical (unpaired) electrons.